The van der Waals surface area contributed by atoms with Crippen LogP contribution in [0.4, 0.5) is 5.95 Å². The summed E-state index contributed by atoms with van der Waals surface area (Å²) < 4.78 is 16.7. The van der Waals surface area contributed by atoms with Gasteiger partial charge in [-0.25, -0.2) is 4.98 Å². The van der Waals surface area contributed by atoms with E-state index in [2.05, 4.69) is 14.9 Å². The quantitative estimate of drug-likeness (QED) is 0.795. The predicted molar refractivity (Wildman–Crippen MR) is 78.7 cm³/mol. The first-order valence-corrected chi connectivity index (χ1v) is 7.70. The summed E-state index contributed by atoms with van der Waals surface area (Å²) in [5, 5.41) is 0. The molecule has 0 N–H and O–H groups in total. The van der Waals surface area contributed by atoms with Gasteiger partial charge < -0.3 is 19.1 Å². The minimum atomic E-state index is 0.265. The van der Waals surface area contributed by atoms with Gasteiger partial charge in [-0.15, -0.1) is 0 Å². The summed E-state index contributed by atoms with van der Waals surface area (Å²) in [5.41, 5.74) is 0. The molecule has 1 aromatic rings. The molecule has 116 valence electrons. The average molecular weight is 293 g/mol. The standard InChI is InChI=1S/C15H23N3O3/c1-19-14-6-7-16-15(17-14)18(10-12-4-2-8-20-12)11-13-5-3-9-21-13/h6-7,12-13H,2-5,8-11H2,1H3/t12-,13-/m0/s1. The van der Waals surface area contributed by atoms with Gasteiger partial charge in [0, 0.05) is 38.6 Å². The van der Waals surface area contributed by atoms with Crippen LogP contribution in [-0.2, 0) is 9.47 Å². The molecule has 6 nitrogen and oxygen atoms in total. The Kier molecular flexibility index (Phi) is 4.87. The summed E-state index contributed by atoms with van der Waals surface area (Å²) >= 11 is 0. The smallest absolute Gasteiger partial charge is 0.228 e. The van der Waals surface area contributed by atoms with Gasteiger partial charge in [0.25, 0.3) is 0 Å². The molecule has 0 saturated carbocycles. The topological polar surface area (TPSA) is 56.7 Å². The third-order valence-electron chi connectivity index (χ3n) is 4.01. The van der Waals surface area contributed by atoms with Crippen molar-refractivity contribution < 1.29 is 14.2 Å². The predicted octanol–water partition coefficient (Wildman–Crippen LogP) is 1.65. The highest BCUT2D eigenvalue weighted by molar-refractivity contribution is 5.32. The number of anilines is 1. The third-order valence-corrected chi connectivity index (χ3v) is 4.01. The first kappa shape index (κ1) is 14.5. The fourth-order valence-electron chi connectivity index (χ4n) is 2.90. The van der Waals surface area contributed by atoms with Crippen molar-refractivity contribution in [1.82, 2.24) is 9.97 Å². The first-order valence-electron chi connectivity index (χ1n) is 7.70. The van der Waals surface area contributed by atoms with Crippen LogP contribution in [0.3, 0.4) is 0 Å². The van der Waals surface area contributed by atoms with Crippen LogP contribution in [0.2, 0.25) is 0 Å². The van der Waals surface area contributed by atoms with Crippen LogP contribution in [0, 0.1) is 0 Å². The lowest BCUT2D eigenvalue weighted by Crippen LogP contribution is -2.39. The summed E-state index contributed by atoms with van der Waals surface area (Å²) in [6.45, 7) is 3.34. The molecule has 2 saturated heterocycles. The van der Waals surface area contributed by atoms with Gasteiger partial charge in [0.05, 0.1) is 19.3 Å². The van der Waals surface area contributed by atoms with E-state index >= 15 is 0 Å². The van der Waals surface area contributed by atoms with E-state index in [1.54, 1.807) is 19.4 Å². The Morgan fingerprint density at radius 3 is 2.38 bits per heavy atom. The normalized spacial score (nSPS) is 25.2. The molecule has 0 unspecified atom stereocenters. The fraction of sp³-hybridized carbons (Fsp3) is 0.733. The van der Waals surface area contributed by atoms with Gasteiger partial charge in [0.2, 0.25) is 11.8 Å². The SMILES string of the molecule is COc1ccnc(N(C[C@@H]2CCCO2)C[C@@H]2CCCO2)n1. The van der Waals surface area contributed by atoms with Gasteiger partial charge in [-0.1, -0.05) is 0 Å². The zero-order valence-corrected chi connectivity index (χ0v) is 12.5. The minimum Gasteiger partial charge on any atom is -0.481 e. The number of hydrogen-bond donors (Lipinski definition) is 0. The summed E-state index contributed by atoms with van der Waals surface area (Å²) in [6, 6.07) is 1.76. The Balaban J connectivity index is 1.72. The lowest BCUT2D eigenvalue weighted by atomic mass is 10.2. The molecule has 2 atom stereocenters. The van der Waals surface area contributed by atoms with Gasteiger partial charge in [-0.05, 0) is 25.7 Å². The van der Waals surface area contributed by atoms with Crippen molar-refractivity contribution in [2.75, 3.05) is 38.3 Å². The van der Waals surface area contributed by atoms with Crippen LogP contribution in [0.25, 0.3) is 0 Å². The largest absolute Gasteiger partial charge is 0.481 e. The Labute approximate surface area is 125 Å². The van der Waals surface area contributed by atoms with Crippen molar-refractivity contribution in [3.8, 4) is 5.88 Å². The summed E-state index contributed by atoms with van der Waals surface area (Å²) in [5.74, 6) is 1.28. The zero-order chi connectivity index (χ0) is 14.5. The molecule has 0 radical (unpaired) electrons. The highest BCUT2D eigenvalue weighted by Gasteiger charge is 2.25. The molecule has 0 spiro atoms. The van der Waals surface area contributed by atoms with Crippen LogP contribution in [0.1, 0.15) is 25.7 Å². The van der Waals surface area contributed by atoms with E-state index in [4.69, 9.17) is 14.2 Å². The monoisotopic (exact) mass is 293 g/mol. The van der Waals surface area contributed by atoms with E-state index in [0.717, 1.165) is 52.0 Å². The number of hydrogen-bond acceptors (Lipinski definition) is 6. The van der Waals surface area contributed by atoms with Gasteiger partial charge in [0.1, 0.15) is 0 Å². The fourth-order valence-corrected chi connectivity index (χ4v) is 2.90. The van der Waals surface area contributed by atoms with E-state index in [1.165, 1.54) is 0 Å². The zero-order valence-electron chi connectivity index (χ0n) is 12.5. The molecule has 3 rings (SSSR count). The molecule has 0 aromatic carbocycles. The second kappa shape index (κ2) is 7.04. The molecular weight excluding hydrogens is 270 g/mol. The van der Waals surface area contributed by atoms with E-state index in [1.807, 2.05) is 0 Å². The second-order valence-corrected chi connectivity index (χ2v) is 5.57. The van der Waals surface area contributed by atoms with Crippen molar-refractivity contribution in [1.29, 1.82) is 0 Å². The molecular formula is C15H23N3O3. The van der Waals surface area contributed by atoms with Crippen molar-refractivity contribution in [2.24, 2.45) is 0 Å². The first-order chi connectivity index (χ1) is 10.3. The molecule has 0 aliphatic carbocycles. The van der Waals surface area contributed by atoms with Crippen molar-refractivity contribution in [3.63, 3.8) is 0 Å². The van der Waals surface area contributed by atoms with E-state index in [0.29, 0.717) is 11.8 Å². The maximum atomic E-state index is 5.76. The molecule has 2 fully saturated rings. The molecule has 21 heavy (non-hydrogen) atoms. The van der Waals surface area contributed by atoms with E-state index in [-0.39, 0.29) is 12.2 Å². The average Bonchev–Trinajstić information content (AvgIpc) is 3.20. The number of methoxy groups -OCH3 is 1. The van der Waals surface area contributed by atoms with Crippen LogP contribution in [0.15, 0.2) is 12.3 Å². The molecule has 1 aromatic heterocycles. The van der Waals surface area contributed by atoms with Gasteiger partial charge >= 0.3 is 0 Å². The number of aromatic nitrogens is 2. The molecule has 0 bridgehead atoms. The van der Waals surface area contributed by atoms with Gasteiger partial charge in [0.15, 0.2) is 0 Å². The Morgan fingerprint density at radius 2 is 1.86 bits per heavy atom. The van der Waals surface area contributed by atoms with Crippen molar-refractivity contribution >= 4 is 5.95 Å². The summed E-state index contributed by atoms with van der Waals surface area (Å²) in [7, 11) is 1.62. The Morgan fingerprint density at radius 1 is 1.19 bits per heavy atom. The van der Waals surface area contributed by atoms with Crippen LogP contribution in [-0.4, -0.2) is 55.6 Å². The molecule has 6 heteroatoms. The van der Waals surface area contributed by atoms with Crippen LogP contribution >= 0.6 is 0 Å². The third kappa shape index (κ3) is 3.83. The summed E-state index contributed by atoms with van der Waals surface area (Å²) in [4.78, 5) is 11.0. The maximum Gasteiger partial charge on any atom is 0.228 e. The Bertz CT molecular complexity index is 428. The lowest BCUT2D eigenvalue weighted by Gasteiger charge is -2.27. The van der Waals surface area contributed by atoms with Crippen LogP contribution < -0.4 is 9.64 Å². The minimum absolute atomic E-state index is 0.265. The number of nitrogens with zero attached hydrogens (tertiary/aromatic N) is 3. The van der Waals surface area contributed by atoms with Crippen LogP contribution in [0.5, 0.6) is 5.88 Å². The van der Waals surface area contributed by atoms with Gasteiger partial charge in [-0.2, -0.15) is 4.98 Å². The molecule has 2 aliphatic rings. The molecule has 0 amide bonds. The molecule has 2 aliphatic heterocycles. The maximum absolute atomic E-state index is 5.76. The summed E-state index contributed by atoms with van der Waals surface area (Å²) in [6.07, 6.45) is 6.74. The Hall–Kier alpha value is -1.40. The lowest BCUT2D eigenvalue weighted by molar-refractivity contribution is 0.0993. The highest BCUT2D eigenvalue weighted by atomic mass is 16.5. The highest BCUT2D eigenvalue weighted by Crippen LogP contribution is 2.21. The van der Waals surface area contributed by atoms with E-state index < -0.39 is 0 Å². The molecule has 3 heterocycles. The number of rotatable bonds is 6. The van der Waals surface area contributed by atoms with Crippen molar-refractivity contribution in [3.05, 3.63) is 12.3 Å². The van der Waals surface area contributed by atoms with Crippen molar-refractivity contribution in [2.45, 2.75) is 37.9 Å². The number of ether oxygens (including phenoxy) is 3. The van der Waals surface area contributed by atoms with E-state index in [9.17, 15) is 0 Å². The van der Waals surface area contributed by atoms with Gasteiger partial charge in [-0.3, -0.25) is 0 Å². The second-order valence-electron chi connectivity index (χ2n) is 5.57.